The molecule has 1 unspecified atom stereocenters. The van der Waals surface area contributed by atoms with Gasteiger partial charge in [-0.2, -0.15) is 0 Å². The van der Waals surface area contributed by atoms with E-state index in [1.807, 2.05) is 42.5 Å². The van der Waals surface area contributed by atoms with Gasteiger partial charge in [0.15, 0.2) is 5.43 Å². The van der Waals surface area contributed by atoms with E-state index in [1.54, 1.807) is 6.07 Å². The lowest BCUT2D eigenvalue weighted by Crippen LogP contribution is -2.24. The zero-order valence-corrected chi connectivity index (χ0v) is 14.9. The first-order valence-electron chi connectivity index (χ1n) is 8.44. The van der Waals surface area contributed by atoms with Crippen LogP contribution in [0.2, 0.25) is 0 Å². The predicted molar refractivity (Wildman–Crippen MR) is 101 cm³/mol. The molecular formula is C21H23NO3. The molecule has 1 atom stereocenters. The van der Waals surface area contributed by atoms with Crippen molar-refractivity contribution in [3.63, 3.8) is 0 Å². The summed E-state index contributed by atoms with van der Waals surface area (Å²) in [4.78, 5) is 14.4. The van der Waals surface area contributed by atoms with E-state index in [-0.39, 0.29) is 5.43 Å². The summed E-state index contributed by atoms with van der Waals surface area (Å²) in [7, 11) is 4.12. The molecule has 0 aliphatic rings. The molecule has 0 aliphatic carbocycles. The van der Waals surface area contributed by atoms with Crippen molar-refractivity contribution in [1.29, 1.82) is 0 Å². The number of para-hydroxylation sites is 1. The molecule has 0 fully saturated rings. The second kappa shape index (κ2) is 7.53. The van der Waals surface area contributed by atoms with Crippen LogP contribution in [0.25, 0.3) is 22.3 Å². The standard InChI is InChI=1S/C21H23NO3/c1-15(13-22(2)3)14-24-17-10-8-16(9-11-17)21-12-19(23)18-6-4-5-7-20(18)25-21/h4-12,15H,13-14H2,1-3H3. The SMILES string of the molecule is CC(COc1ccc(-c2cc(=O)c3ccccc3o2)cc1)CN(C)C. The second-order valence-electron chi connectivity index (χ2n) is 6.67. The van der Waals surface area contributed by atoms with Crippen LogP contribution in [-0.4, -0.2) is 32.1 Å². The summed E-state index contributed by atoms with van der Waals surface area (Å²) in [6.45, 7) is 3.82. The van der Waals surface area contributed by atoms with Crippen molar-refractivity contribution in [2.75, 3.05) is 27.2 Å². The highest BCUT2D eigenvalue weighted by Crippen LogP contribution is 2.24. The lowest BCUT2D eigenvalue weighted by molar-refractivity contribution is 0.222. The van der Waals surface area contributed by atoms with Crippen LogP contribution in [0.5, 0.6) is 5.75 Å². The van der Waals surface area contributed by atoms with Gasteiger partial charge in [0.1, 0.15) is 17.1 Å². The molecule has 3 aromatic rings. The van der Waals surface area contributed by atoms with Gasteiger partial charge < -0.3 is 14.1 Å². The molecule has 130 valence electrons. The fraction of sp³-hybridized carbons (Fsp3) is 0.286. The molecule has 0 aliphatic heterocycles. The molecule has 0 spiro atoms. The van der Waals surface area contributed by atoms with Gasteiger partial charge in [-0.1, -0.05) is 19.1 Å². The third-order valence-corrected chi connectivity index (χ3v) is 3.98. The largest absolute Gasteiger partial charge is 0.493 e. The minimum absolute atomic E-state index is 0.0327. The summed E-state index contributed by atoms with van der Waals surface area (Å²) in [6, 6.07) is 16.5. The third-order valence-electron chi connectivity index (χ3n) is 3.98. The first-order valence-corrected chi connectivity index (χ1v) is 8.44. The van der Waals surface area contributed by atoms with Gasteiger partial charge in [0, 0.05) is 24.1 Å². The Bertz CT molecular complexity index is 897. The fourth-order valence-electron chi connectivity index (χ4n) is 2.88. The van der Waals surface area contributed by atoms with Crippen molar-refractivity contribution in [3.8, 4) is 17.1 Å². The highest BCUT2D eigenvalue weighted by molar-refractivity contribution is 5.78. The van der Waals surface area contributed by atoms with E-state index in [0.717, 1.165) is 17.9 Å². The zero-order chi connectivity index (χ0) is 17.8. The van der Waals surface area contributed by atoms with E-state index < -0.39 is 0 Å². The monoisotopic (exact) mass is 337 g/mol. The quantitative estimate of drug-likeness (QED) is 0.681. The first-order chi connectivity index (χ1) is 12.0. The molecule has 25 heavy (non-hydrogen) atoms. The Labute approximate surface area is 147 Å². The average molecular weight is 337 g/mol. The van der Waals surface area contributed by atoms with Gasteiger partial charge in [-0.15, -0.1) is 0 Å². The Morgan fingerprint density at radius 2 is 1.80 bits per heavy atom. The maximum Gasteiger partial charge on any atom is 0.193 e. The van der Waals surface area contributed by atoms with Gasteiger partial charge in [0.05, 0.1) is 12.0 Å². The van der Waals surface area contributed by atoms with Crippen LogP contribution in [0.1, 0.15) is 6.92 Å². The van der Waals surface area contributed by atoms with Crippen molar-refractivity contribution in [2.45, 2.75) is 6.92 Å². The van der Waals surface area contributed by atoms with Crippen LogP contribution in [-0.2, 0) is 0 Å². The number of fused-ring (bicyclic) bond motifs is 1. The van der Waals surface area contributed by atoms with Crippen molar-refractivity contribution in [3.05, 3.63) is 64.8 Å². The lowest BCUT2D eigenvalue weighted by Gasteiger charge is -2.17. The predicted octanol–water partition coefficient (Wildman–Crippen LogP) is 4.04. The number of hydrogen-bond donors (Lipinski definition) is 0. The zero-order valence-electron chi connectivity index (χ0n) is 14.9. The van der Waals surface area contributed by atoms with Gasteiger partial charge in [-0.3, -0.25) is 4.79 Å². The van der Waals surface area contributed by atoms with Gasteiger partial charge in [-0.25, -0.2) is 0 Å². The van der Waals surface area contributed by atoms with Crippen LogP contribution in [0.15, 0.2) is 63.8 Å². The summed E-state index contributed by atoms with van der Waals surface area (Å²) in [5.74, 6) is 1.84. The van der Waals surface area contributed by atoms with E-state index in [9.17, 15) is 4.79 Å². The van der Waals surface area contributed by atoms with Gasteiger partial charge >= 0.3 is 0 Å². The first kappa shape index (κ1) is 17.2. The van der Waals surface area contributed by atoms with Gasteiger partial charge in [-0.05, 0) is 50.5 Å². The van der Waals surface area contributed by atoms with Crippen LogP contribution in [0.3, 0.4) is 0 Å². The van der Waals surface area contributed by atoms with E-state index in [1.165, 1.54) is 6.07 Å². The summed E-state index contributed by atoms with van der Waals surface area (Å²) in [6.07, 6.45) is 0. The molecule has 2 aromatic carbocycles. The van der Waals surface area contributed by atoms with Crippen LogP contribution in [0.4, 0.5) is 0 Å². The maximum absolute atomic E-state index is 12.2. The van der Waals surface area contributed by atoms with Crippen LogP contribution >= 0.6 is 0 Å². The molecule has 0 amide bonds. The minimum Gasteiger partial charge on any atom is -0.493 e. The number of nitrogens with zero attached hydrogens (tertiary/aromatic N) is 1. The third kappa shape index (κ3) is 4.28. The molecule has 3 rings (SSSR count). The van der Waals surface area contributed by atoms with E-state index >= 15 is 0 Å². The Morgan fingerprint density at radius 3 is 2.52 bits per heavy atom. The minimum atomic E-state index is -0.0327. The van der Waals surface area contributed by atoms with Crippen LogP contribution < -0.4 is 10.2 Å². The molecule has 4 nitrogen and oxygen atoms in total. The smallest absolute Gasteiger partial charge is 0.193 e. The summed E-state index contributed by atoms with van der Waals surface area (Å²) < 4.78 is 11.7. The van der Waals surface area contributed by atoms with Crippen molar-refractivity contribution >= 4 is 11.0 Å². The lowest BCUT2D eigenvalue weighted by atomic mass is 10.1. The van der Waals surface area contributed by atoms with E-state index in [4.69, 9.17) is 9.15 Å². The molecular weight excluding hydrogens is 314 g/mol. The highest BCUT2D eigenvalue weighted by Gasteiger charge is 2.08. The van der Waals surface area contributed by atoms with Crippen molar-refractivity contribution in [2.24, 2.45) is 5.92 Å². The fourth-order valence-corrected chi connectivity index (χ4v) is 2.88. The van der Waals surface area contributed by atoms with Crippen LogP contribution in [0, 0.1) is 5.92 Å². The second-order valence-corrected chi connectivity index (χ2v) is 6.67. The Morgan fingerprint density at radius 1 is 1.08 bits per heavy atom. The number of rotatable bonds is 6. The Hall–Kier alpha value is -2.59. The summed E-state index contributed by atoms with van der Waals surface area (Å²) >= 11 is 0. The molecule has 0 saturated carbocycles. The Kier molecular flexibility index (Phi) is 5.19. The molecule has 0 saturated heterocycles. The summed E-state index contributed by atoms with van der Waals surface area (Å²) in [5, 5.41) is 0.598. The van der Waals surface area contributed by atoms with Crippen molar-refractivity contribution in [1.82, 2.24) is 4.90 Å². The molecule has 1 heterocycles. The van der Waals surface area contributed by atoms with Crippen molar-refractivity contribution < 1.29 is 9.15 Å². The van der Waals surface area contributed by atoms with Gasteiger partial charge in [0.2, 0.25) is 0 Å². The maximum atomic E-state index is 12.2. The number of benzene rings is 2. The topological polar surface area (TPSA) is 42.7 Å². The molecule has 1 aromatic heterocycles. The molecule has 4 heteroatoms. The molecule has 0 bridgehead atoms. The normalized spacial score (nSPS) is 12.5. The molecule has 0 N–H and O–H groups in total. The van der Waals surface area contributed by atoms with E-state index in [0.29, 0.717) is 29.3 Å². The number of hydrogen-bond acceptors (Lipinski definition) is 4. The average Bonchev–Trinajstić information content (AvgIpc) is 2.60. The Balaban J connectivity index is 1.75. The van der Waals surface area contributed by atoms with Gasteiger partial charge in [0.25, 0.3) is 0 Å². The molecule has 0 radical (unpaired) electrons. The van der Waals surface area contributed by atoms with E-state index in [2.05, 4.69) is 25.9 Å². The summed E-state index contributed by atoms with van der Waals surface area (Å²) in [5.41, 5.74) is 1.43. The number of ether oxygens (including phenoxy) is 1. The highest BCUT2D eigenvalue weighted by atomic mass is 16.5.